The monoisotopic (exact) mass is 301 g/mol. The lowest BCUT2D eigenvalue weighted by Gasteiger charge is -2.33. The number of carboxylic acids is 1. The lowest BCUT2D eigenvalue weighted by atomic mass is 9.77. The van der Waals surface area contributed by atoms with E-state index in [1.807, 2.05) is 5.38 Å². The maximum Gasteiger partial charge on any atom is 0.307 e. The van der Waals surface area contributed by atoms with Crippen molar-refractivity contribution in [3.8, 4) is 0 Å². The van der Waals surface area contributed by atoms with Gasteiger partial charge >= 0.3 is 5.97 Å². The average Bonchev–Trinajstić information content (AvgIpc) is 2.85. The van der Waals surface area contributed by atoms with E-state index < -0.39 is 11.9 Å². The van der Waals surface area contributed by atoms with E-state index in [4.69, 9.17) is 0 Å². The zero-order valence-corrected chi connectivity index (χ0v) is 11.8. The average molecular weight is 301 g/mol. The molecule has 0 aromatic carbocycles. The second kappa shape index (κ2) is 5.06. The van der Waals surface area contributed by atoms with E-state index in [0.717, 1.165) is 30.0 Å². The number of aliphatic carboxylic acids is 1. The number of hydrogen-bond acceptors (Lipinski definition) is 3. The number of aromatic nitrogens is 1. The Morgan fingerprint density at radius 3 is 2.70 bits per heavy atom. The van der Waals surface area contributed by atoms with Crippen molar-refractivity contribution < 1.29 is 18.7 Å². The van der Waals surface area contributed by atoms with Crippen molar-refractivity contribution in [2.45, 2.75) is 56.3 Å². The molecule has 0 bridgehead atoms. The number of alkyl halides is 2. The van der Waals surface area contributed by atoms with E-state index in [1.54, 1.807) is 0 Å². The molecule has 0 spiro atoms. The summed E-state index contributed by atoms with van der Waals surface area (Å²) in [6.45, 7) is 0. The van der Waals surface area contributed by atoms with Crippen LogP contribution in [0.25, 0.3) is 0 Å². The second-order valence-corrected chi connectivity index (χ2v) is 6.80. The largest absolute Gasteiger partial charge is 0.481 e. The summed E-state index contributed by atoms with van der Waals surface area (Å²) in [5, 5.41) is 11.9. The Kier molecular flexibility index (Phi) is 3.52. The zero-order valence-electron chi connectivity index (χ0n) is 11.0. The standard InChI is InChI=1S/C14H17F2NO2S/c15-14(16)5-8(6-14)12-17-11(7-20-12)9-3-1-2-4-10(9)13(18)19/h7-10H,1-6H2,(H,18,19). The van der Waals surface area contributed by atoms with Crippen molar-refractivity contribution in [2.75, 3.05) is 0 Å². The molecule has 0 aliphatic heterocycles. The minimum absolute atomic E-state index is 0.0492. The molecule has 1 aromatic rings. The van der Waals surface area contributed by atoms with Crippen molar-refractivity contribution in [1.29, 1.82) is 0 Å². The van der Waals surface area contributed by atoms with E-state index in [-0.39, 0.29) is 30.6 Å². The number of carboxylic acid groups (broad SMARTS) is 1. The molecule has 2 atom stereocenters. The Morgan fingerprint density at radius 1 is 1.35 bits per heavy atom. The molecule has 2 saturated carbocycles. The van der Waals surface area contributed by atoms with E-state index in [2.05, 4.69) is 4.98 Å². The summed E-state index contributed by atoms with van der Waals surface area (Å²) >= 11 is 1.40. The summed E-state index contributed by atoms with van der Waals surface area (Å²) in [5.74, 6) is -3.87. The van der Waals surface area contributed by atoms with Crippen LogP contribution < -0.4 is 0 Å². The van der Waals surface area contributed by atoms with Crippen LogP contribution in [0.15, 0.2) is 5.38 Å². The fourth-order valence-corrected chi connectivity index (χ4v) is 4.26. The molecular formula is C14H17F2NO2S. The lowest BCUT2D eigenvalue weighted by molar-refractivity contribution is -0.143. The van der Waals surface area contributed by atoms with E-state index in [0.29, 0.717) is 6.42 Å². The summed E-state index contributed by atoms with van der Waals surface area (Å²) in [6.07, 6.45) is 3.25. The fraction of sp³-hybridized carbons (Fsp3) is 0.714. The van der Waals surface area contributed by atoms with Crippen LogP contribution in [0, 0.1) is 5.92 Å². The van der Waals surface area contributed by atoms with Gasteiger partial charge in [0.1, 0.15) is 0 Å². The van der Waals surface area contributed by atoms with Crippen molar-refractivity contribution in [3.05, 3.63) is 16.1 Å². The van der Waals surface area contributed by atoms with E-state index in [9.17, 15) is 18.7 Å². The summed E-state index contributed by atoms with van der Waals surface area (Å²) in [5.41, 5.74) is 0.798. The molecule has 3 rings (SSSR count). The molecule has 1 N–H and O–H groups in total. The molecule has 0 radical (unpaired) electrons. The third-order valence-corrected chi connectivity index (χ3v) is 5.47. The van der Waals surface area contributed by atoms with Gasteiger partial charge in [-0.05, 0) is 12.8 Å². The molecule has 2 aliphatic carbocycles. The Bertz CT molecular complexity index is 509. The highest BCUT2D eigenvalue weighted by Crippen LogP contribution is 2.49. The Labute approximate surface area is 120 Å². The van der Waals surface area contributed by atoms with Crippen molar-refractivity contribution in [1.82, 2.24) is 4.98 Å². The molecule has 2 fully saturated rings. The number of nitrogens with zero attached hydrogens (tertiary/aromatic N) is 1. The van der Waals surface area contributed by atoms with Crippen LogP contribution in [0.3, 0.4) is 0 Å². The van der Waals surface area contributed by atoms with Crippen LogP contribution in [-0.4, -0.2) is 22.0 Å². The quantitative estimate of drug-likeness (QED) is 0.917. The van der Waals surface area contributed by atoms with Gasteiger partial charge in [0.25, 0.3) is 0 Å². The van der Waals surface area contributed by atoms with Gasteiger partial charge in [0.05, 0.1) is 16.6 Å². The Morgan fingerprint density at radius 2 is 2.05 bits per heavy atom. The predicted molar refractivity (Wildman–Crippen MR) is 71.4 cm³/mol. The maximum absolute atomic E-state index is 12.9. The SMILES string of the molecule is O=C(O)C1CCCCC1c1csc(C2CC(F)(F)C2)n1. The van der Waals surface area contributed by atoms with Crippen LogP contribution in [0.2, 0.25) is 0 Å². The minimum Gasteiger partial charge on any atom is -0.481 e. The minimum atomic E-state index is -2.54. The first-order valence-corrected chi connectivity index (χ1v) is 7.90. The summed E-state index contributed by atoms with van der Waals surface area (Å²) < 4.78 is 25.8. The number of hydrogen-bond donors (Lipinski definition) is 1. The Hall–Kier alpha value is -1.04. The fourth-order valence-electron chi connectivity index (χ4n) is 3.27. The van der Waals surface area contributed by atoms with Crippen molar-refractivity contribution in [2.24, 2.45) is 5.92 Å². The molecule has 110 valence electrons. The van der Waals surface area contributed by atoms with Gasteiger partial charge in [-0.15, -0.1) is 11.3 Å². The number of thiazole rings is 1. The zero-order chi connectivity index (χ0) is 14.3. The topological polar surface area (TPSA) is 50.2 Å². The normalized spacial score (nSPS) is 29.9. The molecule has 2 aliphatic rings. The van der Waals surface area contributed by atoms with Crippen LogP contribution in [0.1, 0.15) is 61.1 Å². The van der Waals surface area contributed by atoms with Crippen molar-refractivity contribution in [3.63, 3.8) is 0 Å². The Balaban J connectivity index is 1.74. The predicted octanol–water partition coefficient (Wildman–Crippen LogP) is 4.01. The second-order valence-electron chi connectivity index (χ2n) is 5.91. The first kappa shape index (κ1) is 13.9. The first-order chi connectivity index (χ1) is 9.46. The van der Waals surface area contributed by atoms with Crippen LogP contribution in [0.5, 0.6) is 0 Å². The van der Waals surface area contributed by atoms with Gasteiger partial charge in [0.2, 0.25) is 5.92 Å². The smallest absolute Gasteiger partial charge is 0.307 e. The van der Waals surface area contributed by atoms with Gasteiger partial charge in [-0.3, -0.25) is 4.79 Å². The highest BCUT2D eigenvalue weighted by molar-refractivity contribution is 7.09. The molecule has 0 amide bonds. The third-order valence-electron chi connectivity index (χ3n) is 4.44. The summed E-state index contributed by atoms with van der Waals surface area (Å²) in [6, 6.07) is 0. The van der Waals surface area contributed by atoms with Gasteiger partial charge in [-0.25, -0.2) is 13.8 Å². The highest BCUT2D eigenvalue weighted by Gasteiger charge is 2.47. The maximum atomic E-state index is 12.9. The molecule has 20 heavy (non-hydrogen) atoms. The van der Waals surface area contributed by atoms with Crippen LogP contribution in [-0.2, 0) is 4.79 Å². The summed E-state index contributed by atoms with van der Waals surface area (Å²) in [7, 11) is 0. The molecule has 1 heterocycles. The van der Waals surface area contributed by atoms with E-state index in [1.165, 1.54) is 11.3 Å². The van der Waals surface area contributed by atoms with Crippen molar-refractivity contribution >= 4 is 17.3 Å². The highest BCUT2D eigenvalue weighted by atomic mass is 32.1. The molecule has 6 heteroatoms. The number of halogens is 2. The van der Waals surface area contributed by atoms with Crippen LogP contribution >= 0.6 is 11.3 Å². The van der Waals surface area contributed by atoms with Gasteiger partial charge in [-0.2, -0.15) is 0 Å². The van der Waals surface area contributed by atoms with E-state index >= 15 is 0 Å². The molecule has 2 unspecified atom stereocenters. The van der Waals surface area contributed by atoms with Gasteiger partial charge in [0, 0.05) is 30.1 Å². The molecular weight excluding hydrogens is 284 g/mol. The van der Waals surface area contributed by atoms with Gasteiger partial charge in [-0.1, -0.05) is 12.8 Å². The number of rotatable bonds is 3. The van der Waals surface area contributed by atoms with Crippen LogP contribution in [0.4, 0.5) is 8.78 Å². The third kappa shape index (κ3) is 2.57. The van der Waals surface area contributed by atoms with Gasteiger partial charge in [0.15, 0.2) is 0 Å². The molecule has 1 aromatic heterocycles. The molecule has 3 nitrogen and oxygen atoms in total. The lowest BCUT2D eigenvalue weighted by Crippen LogP contribution is -2.33. The van der Waals surface area contributed by atoms with Gasteiger partial charge < -0.3 is 5.11 Å². The first-order valence-electron chi connectivity index (χ1n) is 7.02. The number of carbonyl (C=O) groups is 1. The summed E-state index contributed by atoms with van der Waals surface area (Å²) in [4.78, 5) is 15.8. The molecule has 0 saturated heterocycles.